The molecule has 0 rings (SSSR count). The number of quaternary nitrogens is 1. The summed E-state index contributed by atoms with van der Waals surface area (Å²) >= 11 is 0. The van der Waals surface area contributed by atoms with E-state index in [2.05, 4.69) is 0 Å². The maximum absolute atomic E-state index is 8.33. The summed E-state index contributed by atoms with van der Waals surface area (Å²) in [6.45, 7) is 0. The van der Waals surface area contributed by atoms with Crippen LogP contribution < -0.4 is 26.6 Å². The quantitative estimate of drug-likeness (QED) is 0.439. The molecule has 0 aromatic heterocycles. The zero-order valence-electron chi connectivity index (χ0n) is 4.95. The third-order valence-corrected chi connectivity index (χ3v) is 0. The maximum atomic E-state index is 8.33. The second kappa shape index (κ2) is 15.8. The molecule has 0 spiro atoms. The zero-order chi connectivity index (χ0) is 7.15. The Morgan fingerprint density at radius 3 is 0.800 bits per heavy atom. The van der Waals surface area contributed by atoms with Gasteiger partial charge in [0.05, 0.1) is 0 Å². The molecule has 7 nitrogen and oxygen atoms in total. The van der Waals surface area contributed by atoms with Gasteiger partial charge in [0.15, 0.2) is 0 Å². The van der Waals surface area contributed by atoms with Crippen molar-refractivity contribution in [2.45, 2.75) is 0 Å². The van der Waals surface area contributed by atoms with Crippen molar-refractivity contribution in [2.75, 3.05) is 0 Å². The average molecular weight is 229 g/mol. The van der Waals surface area contributed by atoms with Crippen LogP contribution in [0.2, 0.25) is 0 Å². The van der Waals surface area contributed by atoms with Gasteiger partial charge in [0.2, 0.25) is 0 Å². The third-order valence-electron chi connectivity index (χ3n) is 0. The fraction of sp³-hybridized carbons (Fsp3) is 0. The van der Waals surface area contributed by atoms with Gasteiger partial charge < -0.3 is 36.2 Å². The van der Waals surface area contributed by atoms with E-state index >= 15 is 0 Å². The summed E-state index contributed by atoms with van der Waals surface area (Å²) in [7, 11) is 0. The first-order valence-corrected chi connectivity index (χ1v) is 1.22. The largest absolute Gasteiger partial charge is 3.00 e. The number of carbonyl (C=O) groups is 2. The van der Waals surface area contributed by atoms with E-state index < -0.39 is 12.3 Å². The van der Waals surface area contributed by atoms with Crippen molar-refractivity contribution in [2.24, 2.45) is 0 Å². The van der Waals surface area contributed by atoms with Gasteiger partial charge in [0.1, 0.15) is 0 Å². The Bertz CT molecular complexity index is 73.7. The second-order valence-corrected chi connectivity index (χ2v) is 0.500. The molecule has 0 aliphatic heterocycles. The minimum absolute atomic E-state index is 0. The normalized spacial score (nSPS) is 4.80. The van der Waals surface area contributed by atoms with Crippen molar-refractivity contribution < 1.29 is 56.2 Å². The van der Waals surface area contributed by atoms with Gasteiger partial charge >= 0.3 is 26.2 Å². The van der Waals surface area contributed by atoms with Gasteiger partial charge in [-0.15, -0.1) is 0 Å². The molecule has 0 heterocycles. The Kier molecular flexibility index (Phi) is 35.9. The van der Waals surface area contributed by atoms with E-state index in [1.807, 2.05) is 0 Å². The van der Waals surface area contributed by atoms with Crippen LogP contribution in [0, 0.1) is 0 Å². The average Bonchev–Trinajstić information content (AvgIpc) is 1.25. The summed E-state index contributed by atoms with van der Waals surface area (Å²) in [4.78, 5) is 16.7. The summed E-state index contributed by atoms with van der Waals surface area (Å²) in [5.41, 5.74) is 0. The molecule has 0 aliphatic carbocycles. The number of carbonyl (C=O) groups excluding carboxylic acids is 2. The van der Waals surface area contributed by atoms with Crippen molar-refractivity contribution in [1.82, 2.24) is 6.15 Å². The molecule has 8 heteroatoms. The van der Waals surface area contributed by atoms with E-state index in [0.29, 0.717) is 0 Å². The topological polar surface area (TPSA) is 163 Å². The number of rotatable bonds is 0. The van der Waals surface area contributed by atoms with Crippen LogP contribution in [0.15, 0.2) is 0 Å². The van der Waals surface area contributed by atoms with E-state index in [1.165, 1.54) is 0 Å². The Labute approximate surface area is 75.0 Å². The Hall–Kier alpha value is -0.617. The van der Waals surface area contributed by atoms with E-state index in [-0.39, 0.29) is 32.4 Å². The van der Waals surface area contributed by atoms with Crippen LogP contribution in [0.4, 0.5) is 9.59 Å². The molecule has 0 unspecified atom stereocenters. The van der Waals surface area contributed by atoms with Gasteiger partial charge in [0, 0.05) is 0 Å². The van der Waals surface area contributed by atoms with Gasteiger partial charge in [-0.2, -0.15) is 0 Å². The fourth-order valence-electron chi connectivity index (χ4n) is 0. The maximum Gasteiger partial charge on any atom is 3.00 e. The van der Waals surface area contributed by atoms with E-state index in [0.717, 1.165) is 0 Å². The SMILES string of the molecule is O=C([O-])[O-].O=C([O-])[O-].[NH4+].[Zr+3]. The van der Waals surface area contributed by atoms with Crippen LogP contribution in [-0.2, 0) is 26.2 Å². The first-order valence-electron chi connectivity index (χ1n) is 1.22. The van der Waals surface area contributed by atoms with Gasteiger partial charge in [-0.25, -0.2) is 0 Å². The van der Waals surface area contributed by atoms with Crippen LogP contribution in [0.25, 0.3) is 0 Å². The van der Waals surface area contributed by atoms with E-state index in [1.54, 1.807) is 0 Å². The molecular formula is C2H4NO6Zr. The van der Waals surface area contributed by atoms with Crippen molar-refractivity contribution in [3.63, 3.8) is 0 Å². The standard InChI is InChI=1S/2CH2O3.H3N.Zr/c2*2-1(3)4;;/h2*(H2,2,3,4);1H3;/q;;;+3/p-3. The van der Waals surface area contributed by atoms with Gasteiger partial charge in [-0.05, 0) is 12.3 Å². The van der Waals surface area contributed by atoms with Crippen molar-refractivity contribution in [1.29, 1.82) is 0 Å². The molecule has 0 saturated carbocycles. The van der Waals surface area contributed by atoms with Gasteiger partial charge in [0.25, 0.3) is 0 Å². The fourth-order valence-corrected chi connectivity index (χ4v) is 0. The summed E-state index contributed by atoms with van der Waals surface area (Å²) in [5.74, 6) is 0. The Balaban J connectivity index is -0.0000000300. The molecule has 57 valence electrons. The Morgan fingerprint density at radius 2 is 0.800 bits per heavy atom. The predicted molar refractivity (Wildman–Crippen MR) is 16.8 cm³/mol. The molecular weight excluding hydrogens is 225 g/mol. The van der Waals surface area contributed by atoms with Crippen LogP contribution in [-0.4, -0.2) is 12.3 Å². The second-order valence-electron chi connectivity index (χ2n) is 0.500. The molecule has 0 aliphatic rings. The predicted octanol–water partition coefficient (Wildman–Crippen LogP) is -4.52. The summed E-state index contributed by atoms with van der Waals surface area (Å²) < 4.78 is 0. The first kappa shape index (κ1) is 22.8. The van der Waals surface area contributed by atoms with Gasteiger partial charge in [-0.1, -0.05) is 0 Å². The molecule has 0 aromatic rings. The van der Waals surface area contributed by atoms with Crippen molar-refractivity contribution >= 4 is 12.3 Å². The molecule has 10 heavy (non-hydrogen) atoms. The number of hydrogen-bond donors (Lipinski definition) is 1. The third kappa shape index (κ3) is 790. The van der Waals surface area contributed by atoms with Crippen molar-refractivity contribution in [3.8, 4) is 0 Å². The Morgan fingerprint density at radius 1 is 0.800 bits per heavy atom. The van der Waals surface area contributed by atoms with Crippen LogP contribution in [0.1, 0.15) is 0 Å². The minimum atomic E-state index is -2.33. The monoisotopic (exact) mass is 228 g/mol. The van der Waals surface area contributed by atoms with Crippen LogP contribution in [0.5, 0.6) is 0 Å². The number of hydrogen-bond acceptors (Lipinski definition) is 6. The minimum Gasteiger partial charge on any atom is -0.652 e. The zero-order valence-corrected chi connectivity index (χ0v) is 7.41. The molecule has 4 N–H and O–H groups in total. The molecule has 0 aromatic carbocycles. The summed E-state index contributed by atoms with van der Waals surface area (Å²) in [6, 6.07) is 0. The van der Waals surface area contributed by atoms with Crippen molar-refractivity contribution in [3.05, 3.63) is 0 Å². The molecule has 0 fully saturated rings. The molecule has 0 bridgehead atoms. The molecule has 0 atom stereocenters. The number of carboxylic acid groups (broad SMARTS) is 4. The van der Waals surface area contributed by atoms with E-state index in [9.17, 15) is 0 Å². The molecule has 0 saturated heterocycles. The van der Waals surface area contributed by atoms with Crippen LogP contribution >= 0.6 is 0 Å². The van der Waals surface area contributed by atoms with Gasteiger partial charge in [-0.3, -0.25) is 0 Å². The molecule has 0 amide bonds. The van der Waals surface area contributed by atoms with Crippen LogP contribution in [0.3, 0.4) is 0 Å². The summed E-state index contributed by atoms with van der Waals surface area (Å²) in [6.07, 6.45) is -4.67. The smallest absolute Gasteiger partial charge is 0.652 e. The summed E-state index contributed by atoms with van der Waals surface area (Å²) in [5, 5.41) is 33.3. The first-order chi connectivity index (χ1) is 3.46. The molecule has 1 radical (unpaired) electrons. The van der Waals surface area contributed by atoms with E-state index in [4.69, 9.17) is 30.0 Å².